The fraction of sp³-hybridized carbons (Fsp3) is 0.130. The van der Waals surface area contributed by atoms with Gasteiger partial charge in [-0.25, -0.2) is 19.3 Å². The highest BCUT2D eigenvalue weighted by Gasteiger charge is 2.20. The molecule has 5 aromatic rings. The van der Waals surface area contributed by atoms with Crippen LogP contribution in [0.25, 0.3) is 27.6 Å². The van der Waals surface area contributed by atoms with E-state index in [4.69, 9.17) is 0 Å². The number of halogens is 1. The summed E-state index contributed by atoms with van der Waals surface area (Å²) in [6, 6.07) is 15.3. The van der Waals surface area contributed by atoms with E-state index in [-0.39, 0.29) is 11.6 Å². The Balaban J connectivity index is 1.72. The molecule has 0 saturated heterocycles. The van der Waals surface area contributed by atoms with E-state index in [1.165, 1.54) is 18.5 Å². The first-order chi connectivity index (χ1) is 15.2. The lowest BCUT2D eigenvalue weighted by atomic mass is 10.0. The Labute approximate surface area is 176 Å². The molecular weight excluding hydrogens is 395 g/mol. The van der Waals surface area contributed by atoms with Crippen LogP contribution in [0, 0.1) is 5.82 Å². The minimum absolute atomic E-state index is 0.247. The molecule has 0 aliphatic heterocycles. The van der Waals surface area contributed by atoms with Crippen molar-refractivity contribution in [3.05, 3.63) is 89.1 Å². The number of aromatic amines is 1. The molecule has 31 heavy (non-hydrogen) atoms. The second kappa shape index (κ2) is 7.64. The minimum Gasteiger partial charge on any atom is -0.360 e. The number of nitrogens with one attached hydrogen (secondary N) is 2. The number of hydrogen-bond donors (Lipinski definition) is 2. The lowest BCUT2D eigenvalue weighted by molar-refractivity contribution is 0.629. The van der Waals surface area contributed by atoms with E-state index in [1.807, 2.05) is 43.3 Å². The van der Waals surface area contributed by atoms with Crippen molar-refractivity contribution in [2.45, 2.75) is 19.4 Å². The van der Waals surface area contributed by atoms with Gasteiger partial charge in [-0.05, 0) is 42.1 Å². The molecule has 7 nitrogen and oxygen atoms in total. The van der Waals surface area contributed by atoms with Crippen molar-refractivity contribution in [1.82, 2.24) is 24.5 Å². The molecule has 5 rings (SSSR count). The molecule has 3 aromatic heterocycles. The topological polar surface area (TPSA) is 88.5 Å². The number of benzene rings is 2. The number of imidazole rings is 1. The molecule has 0 amide bonds. The van der Waals surface area contributed by atoms with Gasteiger partial charge in [0, 0.05) is 11.4 Å². The molecule has 3 heterocycles. The number of anilines is 1. The van der Waals surface area contributed by atoms with Crippen molar-refractivity contribution in [2.75, 3.05) is 5.32 Å². The zero-order valence-electron chi connectivity index (χ0n) is 16.7. The van der Waals surface area contributed by atoms with Crippen LogP contribution in [0.1, 0.15) is 25.1 Å². The summed E-state index contributed by atoms with van der Waals surface area (Å²) in [4.78, 5) is 29.2. The fourth-order valence-electron chi connectivity index (χ4n) is 3.83. The van der Waals surface area contributed by atoms with Gasteiger partial charge in [-0.1, -0.05) is 31.2 Å². The maximum atomic E-state index is 13.9. The van der Waals surface area contributed by atoms with Gasteiger partial charge >= 0.3 is 0 Å². The minimum atomic E-state index is -0.440. The van der Waals surface area contributed by atoms with Gasteiger partial charge in [0.15, 0.2) is 11.5 Å². The van der Waals surface area contributed by atoms with Crippen molar-refractivity contribution in [2.24, 2.45) is 0 Å². The average Bonchev–Trinajstić information content (AvgIpc) is 3.28. The Morgan fingerprint density at radius 1 is 1.10 bits per heavy atom. The van der Waals surface area contributed by atoms with Crippen molar-refractivity contribution in [3.8, 4) is 5.69 Å². The quantitative estimate of drug-likeness (QED) is 0.446. The van der Waals surface area contributed by atoms with E-state index in [1.54, 1.807) is 17.0 Å². The Kier molecular flexibility index (Phi) is 4.66. The molecular formula is C23H19FN6O. The largest absolute Gasteiger partial charge is 0.360 e. The van der Waals surface area contributed by atoms with E-state index in [2.05, 4.69) is 25.3 Å². The standard InChI is InChI=1S/C23H19FN6O/c1-2-18(29-22-20-21(26-12-25-20)27-13-28-22)19-10-14-8-9-15(24)11-17(14)23(31)30(19)16-6-4-3-5-7-16/h3-13,18H,2H2,1H3,(H2,25,26,27,28,29). The normalized spacial score (nSPS) is 12.3. The maximum absolute atomic E-state index is 13.9. The van der Waals surface area contributed by atoms with Crippen molar-refractivity contribution in [3.63, 3.8) is 0 Å². The zero-order valence-corrected chi connectivity index (χ0v) is 16.7. The molecule has 0 aliphatic carbocycles. The zero-order chi connectivity index (χ0) is 21.4. The van der Waals surface area contributed by atoms with Crippen LogP contribution < -0.4 is 10.9 Å². The first-order valence-electron chi connectivity index (χ1n) is 9.97. The van der Waals surface area contributed by atoms with Gasteiger partial charge < -0.3 is 10.3 Å². The SMILES string of the molecule is CCC(Nc1ncnc2nc[nH]c12)c1cc2ccc(F)cc2c(=O)n1-c1ccccc1. The number of pyridine rings is 1. The average molecular weight is 414 g/mol. The lowest BCUT2D eigenvalue weighted by Gasteiger charge is -2.23. The molecule has 0 aliphatic rings. The van der Waals surface area contributed by atoms with E-state index in [0.717, 1.165) is 5.69 Å². The monoisotopic (exact) mass is 414 g/mol. The molecule has 0 fully saturated rings. The molecule has 2 aromatic carbocycles. The Morgan fingerprint density at radius 2 is 1.94 bits per heavy atom. The smallest absolute Gasteiger partial charge is 0.263 e. The number of rotatable bonds is 5. The van der Waals surface area contributed by atoms with Gasteiger partial charge in [0.1, 0.15) is 17.7 Å². The predicted molar refractivity (Wildman–Crippen MR) is 118 cm³/mol. The summed E-state index contributed by atoms with van der Waals surface area (Å²) < 4.78 is 15.5. The summed E-state index contributed by atoms with van der Waals surface area (Å²) in [5.74, 6) is 0.158. The molecule has 0 spiro atoms. The number of aromatic nitrogens is 5. The number of H-pyrrole nitrogens is 1. The lowest BCUT2D eigenvalue weighted by Crippen LogP contribution is -2.26. The van der Waals surface area contributed by atoms with Gasteiger partial charge in [-0.2, -0.15) is 0 Å². The molecule has 1 unspecified atom stereocenters. The Bertz CT molecular complexity index is 1440. The summed E-state index contributed by atoms with van der Waals surface area (Å²) in [7, 11) is 0. The van der Waals surface area contributed by atoms with Crippen LogP contribution in [0.2, 0.25) is 0 Å². The van der Waals surface area contributed by atoms with Gasteiger partial charge in [0.2, 0.25) is 0 Å². The van der Waals surface area contributed by atoms with Crippen LogP contribution in [0.5, 0.6) is 0 Å². The third kappa shape index (κ3) is 3.31. The summed E-state index contributed by atoms with van der Waals surface area (Å²) in [6.45, 7) is 2.03. The van der Waals surface area contributed by atoms with Crippen LogP contribution in [-0.4, -0.2) is 24.5 Å². The Hall–Kier alpha value is -4.07. The summed E-state index contributed by atoms with van der Waals surface area (Å²) >= 11 is 0. The molecule has 2 N–H and O–H groups in total. The summed E-state index contributed by atoms with van der Waals surface area (Å²) in [5, 5.41) is 4.45. The highest BCUT2D eigenvalue weighted by molar-refractivity contribution is 5.84. The van der Waals surface area contributed by atoms with Crippen LogP contribution in [0.4, 0.5) is 10.2 Å². The van der Waals surface area contributed by atoms with Crippen molar-refractivity contribution in [1.29, 1.82) is 0 Å². The second-order valence-electron chi connectivity index (χ2n) is 7.21. The van der Waals surface area contributed by atoms with Crippen LogP contribution in [0.15, 0.2) is 72.0 Å². The van der Waals surface area contributed by atoms with E-state index in [0.29, 0.717) is 39.9 Å². The Morgan fingerprint density at radius 3 is 2.74 bits per heavy atom. The molecule has 8 heteroatoms. The number of para-hydroxylation sites is 1. The van der Waals surface area contributed by atoms with Gasteiger partial charge in [0.05, 0.1) is 17.8 Å². The highest BCUT2D eigenvalue weighted by atomic mass is 19.1. The van der Waals surface area contributed by atoms with E-state index < -0.39 is 5.82 Å². The van der Waals surface area contributed by atoms with Crippen LogP contribution in [-0.2, 0) is 0 Å². The number of fused-ring (bicyclic) bond motifs is 2. The van der Waals surface area contributed by atoms with E-state index >= 15 is 0 Å². The van der Waals surface area contributed by atoms with Crippen LogP contribution in [0.3, 0.4) is 0 Å². The molecule has 154 valence electrons. The molecule has 0 radical (unpaired) electrons. The molecule has 0 bridgehead atoms. The first kappa shape index (κ1) is 18.9. The second-order valence-corrected chi connectivity index (χ2v) is 7.21. The molecule has 1 atom stereocenters. The summed E-state index contributed by atoms with van der Waals surface area (Å²) in [6.07, 6.45) is 3.69. The van der Waals surface area contributed by atoms with Crippen molar-refractivity contribution >= 4 is 27.8 Å². The number of hydrogen-bond acceptors (Lipinski definition) is 5. The fourth-order valence-corrected chi connectivity index (χ4v) is 3.83. The third-order valence-corrected chi connectivity index (χ3v) is 5.32. The van der Waals surface area contributed by atoms with Gasteiger partial charge in [-0.3, -0.25) is 9.36 Å². The van der Waals surface area contributed by atoms with Crippen LogP contribution >= 0.6 is 0 Å². The van der Waals surface area contributed by atoms with Crippen molar-refractivity contribution < 1.29 is 4.39 Å². The predicted octanol–water partition coefficient (Wildman–Crippen LogP) is 4.36. The van der Waals surface area contributed by atoms with E-state index in [9.17, 15) is 9.18 Å². The molecule has 0 saturated carbocycles. The first-order valence-corrected chi connectivity index (χ1v) is 9.97. The van der Waals surface area contributed by atoms with Gasteiger partial charge in [0.25, 0.3) is 5.56 Å². The number of nitrogens with zero attached hydrogens (tertiary/aromatic N) is 4. The maximum Gasteiger partial charge on any atom is 0.263 e. The highest BCUT2D eigenvalue weighted by Crippen LogP contribution is 2.28. The summed E-state index contributed by atoms with van der Waals surface area (Å²) in [5.41, 5.74) is 2.44. The third-order valence-electron chi connectivity index (χ3n) is 5.32. The van der Waals surface area contributed by atoms with Gasteiger partial charge in [-0.15, -0.1) is 0 Å².